The molecule has 0 bridgehead atoms. The lowest BCUT2D eigenvalue weighted by Gasteiger charge is -2.12. The van der Waals surface area contributed by atoms with Crippen molar-refractivity contribution in [3.63, 3.8) is 0 Å². The molecule has 2 aromatic heterocycles. The maximum atomic E-state index is 12.9. The van der Waals surface area contributed by atoms with Gasteiger partial charge in [0.1, 0.15) is 0 Å². The Labute approximate surface area is 168 Å². The van der Waals surface area contributed by atoms with Crippen LogP contribution in [0.5, 0.6) is 0 Å². The number of nitrogens with zero attached hydrogens (tertiary/aromatic N) is 1. The number of halogens is 3. The number of hydrogen-bond donors (Lipinski definition) is 1. The summed E-state index contributed by atoms with van der Waals surface area (Å²) < 4.78 is 38.6. The summed E-state index contributed by atoms with van der Waals surface area (Å²) in [5.74, 6) is -0.167. The Balaban J connectivity index is 1.45. The maximum Gasteiger partial charge on any atom is 0.416 e. The lowest BCUT2D eigenvalue weighted by atomic mass is 9.96. The monoisotopic (exact) mass is 422 g/mol. The van der Waals surface area contributed by atoms with Gasteiger partial charge in [-0.05, 0) is 42.9 Å². The van der Waals surface area contributed by atoms with Gasteiger partial charge in [0.15, 0.2) is 5.13 Å². The van der Waals surface area contributed by atoms with Gasteiger partial charge in [0.2, 0.25) is 0 Å². The van der Waals surface area contributed by atoms with E-state index in [9.17, 15) is 18.0 Å². The molecule has 4 rings (SSSR count). The number of anilines is 1. The number of hydrogen-bond acceptors (Lipinski definition) is 4. The standard InChI is InChI=1S/C20H17F3N2OS2/c21-20(22,23)13-5-3-4-12(8-13)9-14-10-24-19(28-14)25-18(26)16-11-27-17-7-2-1-6-15(16)17/h3-5,8,10-11H,1-2,6-7,9H2,(H,24,25,26). The number of aromatic nitrogens is 1. The molecule has 3 nitrogen and oxygen atoms in total. The summed E-state index contributed by atoms with van der Waals surface area (Å²) in [4.78, 5) is 18.9. The summed E-state index contributed by atoms with van der Waals surface area (Å²) in [5.41, 5.74) is 1.76. The molecule has 1 amide bonds. The molecule has 1 aliphatic rings. The second-order valence-electron chi connectivity index (χ2n) is 6.72. The third kappa shape index (κ3) is 4.12. The number of alkyl halides is 3. The minimum absolute atomic E-state index is 0.167. The van der Waals surface area contributed by atoms with Crippen LogP contribution in [0.25, 0.3) is 0 Å². The Morgan fingerprint density at radius 2 is 2.04 bits per heavy atom. The van der Waals surface area contributed by atoms with E-state index in [1.54, 1.807) is 23.6 Å². The fraction of sp³-hybridized carbons (Fsp3) is 0.300. The summed E-state index contributed by atoms with van der Waals surface area (Å²) in [6.45, 7) is 0. The average Bonchev–Trinajstić information content (AvgIpc) is 3.28. The highest BCUT2D eigenvalue weighted by Gasteiger charge is 2.30. The number of thiophene rings is 1. The molecule has 3 aromatic rings. The van der Waals surface area contributed by atoms with Crippen molar-refractivity contribution in [1.82, 2.24) is 4.98 Å². The van der Waals surface area contributed by atoms with Gasteiger partial charge in [0.25, 0.3) is 5.91 Å². The molecular formula is C20H17F3N2OS2. The highest BCUT2D eigenvalue weighted by Crippen LogP contribution is 2.32. The second-order valence-corrected chi connectivity index (χ2v) is 8.80. The Hall–Kier alpha value is -2.19. The van der Waals surface area contributed by atoms with E-state index in [0.29, 0.717) is 22.7 Å². The van der Waals surface area contributed by atoms with Crippen LogP contribution in [0.1, 0.15) is 49.6 Å². The van der Waals surface area contributed by atoms with Gasteiger partial charge in [-0.1, -0.05) is 18.2 Å². The lowest BCUT2D eigenvalue weighted by Crippen LogP contribution is -2.14. The van der Waals surface area contributed by atoms with Gasteiger partial charge in [0.05, 0.1) is 11.1 Å². The van der Waals surface area contributed by atoms with E-state index in [-0.39, 0.29) is 5.91 Å². The molecule has 0 aliphatic heterocycles. The van der Waals surface area contributed by atoms with E-state index in [1.165, 1.54) is 28.7 Å². The number of rotatable bonds is 4. The van der Waals surface area contributed by atoms with Gasteiger partial charge in [-0.15, -0.1) is 22.7 Å². The van der Waals surface area contributed by atoms with Gasteiger partial charge < -0.3 is 0 Å². The van der Waals surface area contributed by atoms with E-state index in [1.807, 2.05) is 5.38 Å². The lowest BCUT2D eigenvalue weighted by molar-refractivity contribution is -0.137. The van der Waals surface area contributed by atoms with Crippen molar-refractivity contribution in [2.24, 2.45) is 0 Å². The number of carbonyl (C=O) groups excluding carboxylic acids is 1. The van der Waals surface area contributed by atoms with Gasteiger partial charge in [0, 0.05) is 27.8 Å². The van der Waals surface area contributed by atoms with Crippen LogP contribution in [0, 0.1) is 0 Å². The first kappa shape index (κ1) is 19.1. The Morgan fingerprint density at radius 1 is 1.21 bits per heavy atom. The third-order valence-corrected chi connectivity index (χ3v) is 6.71. The van der Waals surface area contributed by atoms with Crippen molar-refractivity contribution in [1.29, 1.82) is 0 Å². The maximum absolute atomic E-state index is 12.9. The summed E-state index contributed by atoms with van der Waals surface area (Å²) in [5, 5.41) is 5.20. The van der Waals surface area contributed by atoms with Crippen LogP contribution < -0.4 is 5.32 Å². The zero-order chi connectivity index (χ0) is 19.7. The molecule has 1 aromatic carbocycles. The molecule has 0 spiro atoms. The molecule has 8 heteroatoms. The quantitative estimate of drug-likeness (QED) is 0.565. The molecule has 0 radical (unpaired) electrons. The minimum Gasteiger partial charge on any atom is -0.298 e. The highest BCUT2D eigenvalue weighted by molar-refractivity contribution is 7.15. The molecule has 0 saturated heterocycles. The molecule has 28 heavy (non-hydrogen) atoms. The molecule has 146 valence electrons. The van der Waals surface area contributed by atoms with Gasteiger partial charge >= 0.3 is 6.18 Å². The second kappa shape index (κ2) is 7.67. The van der Waals surface area contributed by atoms with E-state index in [0.717, 1.165) is 41.8 Å². The Kier molecular flexibility index (Phi) is 5.25. The van der Waals surface area contributed by atoms with Crippen LogP contribution in [0.15, 0.2) is 35.8 Å². The Morgan fingerprint density at radius 3 is 2.86 bits per heavy atom. The molecule has 1 aliphatic carbocycles. The van der Waals surface area contributed by atoms with Crippen LogP contribution in [0.4, 0.5) is 18.3 Å². The molecule has 0 atom stereocenters. The smallest absolute Gasteiger partial charge is 0.298 e. The molecule has 2 heterocycles. The fourth-order valence-corrected chi connectivity index (χ4v) is 5.32. The van der Waals surface area contributed by atoms with E-state index in [2.05, 4.69) is 10.3 Å². The number of nitrogens with one attached hydrogen (secondary N) is 1. The summed E-state index contributed by atoms with van der Waals surface area (Å²) in [7, 11) is 0. The number of benzene rings is 1. The summed E-state index contributed by atoms with van der Waals surface area (Å²) in [6, 6.07) is 5.27. The first-order valence-electron chi connectivity index (χ1n) is 8.91. The fourth-order valence-electron chi connectivity index (χ4n) is 3.35. The zero-order valence-electron chi connectivity index (χ0n) is 14.8. The van der Waals surface area contributed by atoms with Crippen molar-refractivity contribution >= 4 is 33.7 Å². The summed E-state index contributed by atoms with van der Waals surface area (Å²) in [6.07, 6.45) is 1.81. The highest BCUT2D eigenvalue weighted by atomic mass is 32.1. The largest absolute Gasteiger partial charge is 0.416 e. The topological polar surface area (TPSA) is 42.0 Å². The van der Waals surface area contributed by atoms with Crippen molar-refractivity contribution in [2.45, 2.75) is 38.3 Å². The van der Waals surface area contributed by atoms with Crippen molar-refractivity contribution in [3.8, 4) is 0 Å². The third-order valence-electron chi connectivity index (χ3n) is 4.71. The normalized spacial score (nSPS) is 14.0. The Bertz CT molecular complexity index is 1010. The molecular weight excluding hydrogens is 405 g/mol. The van der Waals surface area contributed by atoms with Crippen molar-refractivity contribution < 1.29 is 18.0 Å². The summed E-state index contributed by atoms with van der Waals surface area (Å²) >= 11 is 2.91. The van der Waals surface area contributed by atoms with Crippen LogP contribution in [-0.2, 0) is 25.4 Å². The van der Waals surface area contributed by atoms with Gasteiger partial charge in [-0.25, -0.2) is 4.98 Å². The van der Waals surface area contributed by atoms with Crippen molar-refractivity contribution in [3.05, 3.63) is 67.9 Å². The number of carbonyl (C=O) groups is 1. The van der Waals surface area contributed by atoms with Crippen LogP contribution >= 0.6 is 22.7 Å². The molecule has 1 N–H and O–H groups in total. The minimum atomic E-state index is -4.36. The molecule has 0 unspecified atom stereocenters. The average molecular weight is 422 g/mol. The first-order valence-corrected chi connectivity index (χ1v) is 10.6. The van der Waals surface area contributed by atoms with Crippen LogP contribution in [-0.4, -0.2) is 10.9 Å². The number of thiazole rings is 1. The van der Waals surface area contributed by atoms with Crippen LogP contribution in [0.2, 0.25) is 0 Å². The number of fused-ring (bicyclic) bond motifs is 1. The van der Waals surface area contributed by atoms with Gasteiger partial charge in [-0.3, -0.25) is 10.1 Å². The van der Waals surface area contributed by atoms with Crippen molar-refractivity contribution in [2.75, 3.05) is 5.32 Å². The molecule has 0 fully saturated rings. The van der Waals surface area contributed by atoms with Gasteiger partial charge in [-0.2, -0.15) is 13.2 Å². The van der Waals surface area contributed by atoms with E-state index < -0.39 is 11.7 Å². The van der Waals surface area contributed by atoms with Crippen LogP contribution in [0.3, 0.4) is 0 Å². The SMILES string of the molecule is O=C(Nc1ncc(Cc2cccc(C(F)(F)F)c2)s1)c1csc2c1CCCC2. The van der Waals surface area contributed by atoms with E-state index >= 15 is 0 Å². The molecule has 0 saturated carbocycles. The van der Waals surface area contributed by atoms with E-state index in [4.69, 9.17) is 0 Å². The number of amides is 1. The number of aryl methyl sites for hydroxylation is 1. The zero-order valence-corrected chi connectivity index (χ0v) is 16.4. The predicted octanol–water partition coefficient (Wildman–Crippen LogP) is 5.95. The first-order chi connectivity index (χ1) is 13.4. The predicted molar refractivity (Wildman–Crippen MR) is 105 cm³/mol.